The van der Waals surface area contributed by atoms with Crippen LogP contribution in [0.2, 0.25) is 0 Å². The van der Waals surface area contributed by atoms with Crippen molar-refractivity contribution in [2.75, 3.05) is 18.5 Å². The fourth-order valence-corrected chi connectivity index (χ4v) is 2.87. The third-order valence-electron chi connectivity index (χ3n) is 4.25. The first-order valence-corrected chi connectivity index (χ1v) is 9.09. The lowest BCUT2D eigenvalue weighted by Gasteiger charge is -2.12. The number of hydrogen-bond donors (Lipinski definition) is 3. The summed E-state index contributed by atoms with van der Waals surface area (Å²) in [6.07, 6.45) is 0. The molecule has 3 aromatic carbocycles. The summed E-state index contributed by atoms with van der Waals surface area (Å²) in [5.74, 6) is -2.83. The first kappa shape index (κ1) is 20.7. The Balaban J connectivity index is 1.70. The molecule has 0 atom stereocenters. The predicted octanol–water partition coefficient (Wildman–Crippen LogP) is 3.22. The molecule has 3 aromatic rings. The molecule has 0 saturated heterocycles. The number of phenols is 2. The molecule has 0 heterocycles. The number of aromatic hydroxyl groups is 2. The number of anilines is 1. The number of carbonyl (C=O) groups is 3. The zero-order chi connectivity index (χ0) is 21.7. The second kappa shape index (κ2) is 8.95. The Hall–Kier alpha value is -4.07. The van der Waals surface area contributed by atoms with Crippen LogP contribution in [-0.2, 0) is 14.3 Å². The largest absolute Gasteiger partial charge is 0.507 e. The predicted molar refractivity (Wildman–Crippen MR) is 109 cm³/mol. The summed E-state index contributed by atoms with van der Waals surface area (Å²) in [5, 5.41) is 23.5. The molecular weight excluding hydrogens is 390 g/mol. The van der Waals surface area contributed by atoms with Crippen molar-refractivity contribution >= 4 is 34.3 Å². The number of fused-ring (bicyclic) bond motifs is 1. The Bertz CT molecular complexity index is 1120. The van der Waals surface area contributed by atoms with Gasteiger partial charge in [-0.05, 0) is 25.1 Å². The van der Waals surface area contributed by atoms with E-state index in [1.165, 1.54) is 12.1 Å². The maximum atomic E-state index is 12.3. The van der Waals surface area contributed by atoms with Gasteiger partial charge in [-0.2, -0.15) is 0 Å². The monoisotopic (exact) mass is 409 g/mol. The Morgan fingerprint density at radius 1 is 0.867 bits per heavy atom. The molecular formula is C22H19NO7. The molecule has 0 bridgehead atoms. The molecule has 0 aliphatic heterocycles. The van der Waals surface area contributed by atoms with E-state index in [4.69, 9.17) is 9.47 Å². The molecule has 0 aliphatic rings. The molecule has 1 amide bonds. The normalized spacial score (nSPS) is 10.4. The number of benzene rings is 3. The van der Waals surface area contributed by atoms with E-state index in [0.29, 0.717) is 5.39 Å². The Labute approximate surface area is 171 Å². The van der Waals surface area contributed by atoms with E-state index in [2.05, 4.69) is 5.32 Å². The van der Waals surface area contributed by atoms with Crippen LogP contribution in [0.3, 0.4) is 0 Å². The minimum atomic E-state index is -0.984. The SMILES string of the molecule is CCOC(=O)c1ccccc1NC(=O)COC(=O)c1cc(O)c2ccccc2c1O. The maximum absolute atomic E-state index is 12.3. The number of para-hydroxylation sites is 1. The van der Waals surface area contributed by atoms with Crippen LogP contribution < -0.4 is 5.32 Å². The minimum absolute atomic E-state index is 0.163. The van der Waals surface area contributed by atoms with Crippen LogP contribution in [0.5, 0.6) is 11.5 Å². The van der Waals surface area contributed by atoms with E-state index in [-0.39, 0.29) is 40.3 Å². The van der Waals surface area contributed by atoms with E-state index in [0.717, 1.165) is 6.07 Å². The van der Waals surface area contributed by atoms with E-state index < -0.39 is 24.5 Å². The molecule has 3 N–H and O–H groups in total. The summed E-state index contributed by atoms with van der Waals surface area (Å²) in [6.45, 7) is 1.18. The number of rotatable bonds is 6. The van der Waals surface area contributed by atoms with Gasteiger partial charge in [0, 0.05) is 10.8 Å². The lowest BCUT2D eigenvalue weighted by atomic mass is 10.0. The number of nitrogens with one attached hydrogen (secondary N) is 1. The van der Waals surface area contributed by atoms with Crippen LogP contribution in [0, 0.1) is 0 Å². The van der Waals surface area contributed by atoms with Gasteiger partial charge in [0.25, 0.3) is 5.91 Å². The van der Waals surface area contributed by atoms with Gasteiger partial charge in [-0.1, -0.05) is 36.4 Å². The van der Waals surface area contributed by atoms with Gasteiger partial charge in [0.2, 0.25) is 0 Å². The highest BCUT2D eigenvalue weighted by Crippen LogP contribution is 2.35. The van der Waals surface area contributed by atoms with Crippen LogP contribution in [0.4, 0.5) is 5.69 Å². The molecule has 0 radical (unpaired) electrons. The molecule has 3 rings (SSSR count). The number of hydrogen-bond acceptors (Lipinski definition) is 7. The highest BCUT2D eigenvalue weighted by molar-refractivity contribution is 6.05. The Morgan fingerprint density at radius 2 is 1.50 bits per heavy atom. The van der Waals surface area contributed by atoms with Gasteiger partial charge < -0.3 is 25.0 Å². The highest BCUT2D eigenvalue weighted by atomic mass is 16.5. The van der Waals surface area contributed by atoms with Crippen molar-refractivity contribution in [2.45, 2.75) is 6.92 Å². The molecule has 0 aromatic heterocycles. The second-order valence-electron chi connectivity index (χ2n) is 6.23. The van der Waals surface area contributed by atoms with Gasteiger partial charge in [-0.15, -0.1) is 0 Å². The standard InChI is InChI=1S/C22H19NO7/c1-2-29-21(27)15-9-5-6-10-17(15)23-19(25)12-30-22(28)16-11-18(24)13-7-3-4-8-14(13)20(16)26/h3-11,24,26H,2,12H2,1H3,(H,23,25). The minimum Gasteiger partial charge on any atom is -0.507 e. The summed E-state index contributed by atoms with van der Waals surface area (Å²) in [7, 11) is 0. The van der Waals surface area contributed by atoms with Crippen molar-refractivity contribution in [3.05, 3.63) is 65.7 Å². The smallest absolute Gasteiger partial charge is 0.342 e. The molecule has 0 spiro atoms. The summed E-state index contributed by atoms with van der Waals surface area (Å²) >= 11 is 0. The molecule has 0 saturated carbocycles. The lowest BCUT2D eigenvalue weighted by Crippen LogP contribution is -2.22. The highest BCUT2D eigenvalue weighted by Gasteiger charge is 2.20. The van der Waals surface area contributed by atoms with Crippen molar-refractivity contribution in [1.29, 1.82) is 0 Å². The molecule has 0 fully saturated rings. The van der Waals surface area contributed by atoms with Crippen LogP contribution in [0.15, 0.2) is 54.6 Å². The zero-order valence-corrected chi connectivity index (χ0v) is 16.0. The molecule has 8 nitrogen and oxygen atoms in total. The summed E-state index contributed by atoms with van der Waals surface area (Å²) < 4.78 is 9.90. The number of esters is 2. The fraction of sp³-hybridized carbons (Fsp3) is 0.136. The van der Waals surface area contributed by atoms with Gasteiger partial charge in [0.15, 0.2) is 6.61 Å². The van der Waals surface area contributed by atoms with Crippen LogP contribution in [0.1, 0.15) is 27.6 Å². The van der Waals surface area contributed by atoms with Gasteiger partial charge in [-0.25, -0.2) is 9.59 Å². The first-order valence-electron chi connectivity index (χ1n) is 9.09. The third kappa shape index (κ3) is 4.33. The van der Waals surface area contributed by atoms with Crippen molar-refractivity contribution in [2.24, 2.45) is 0 Å². The maximum Gasteiger partial charge on any atom is 0.342 e. The van der Waals surface area contributed by atoms with E-state index in [1.54, 1.807) is 43.3 Å². The fourth-order valence-electron chi connectivity index (χ4n) is 2.87. The van der Waals surface area contributed by atoms with Crippen LogP contribution >= 0.6 is 0 Å². The molecule has 8 heteroatoms. The average molecular weight is 409 g/mol. The van der Waals surface area contributed by atoms with Crippen molar-refractivity contribution in [3.63, 3.8) is 0 Å². The second-order valence-corrected chi connectivity index (χ2v) is 6.23. The Morgan fingerprint density at radius 3 is 2.23 bits per heavy atom. The number of phenolic OH excluding ortho intramolecular Hbond substituents is 2. The molecule has 0 aliphatic carbocycles. The first-order chi connectivity index (χ1) is 14.4. The number of ether oxygens (including phenoxy) is 2. The van der Waals surface area contributed by atoms with E-state index >= 15 is 0 Å². The molecule has 154 valence electrons. The quantitative estimate of drug-likeness (QED) is 0.422. The number of carbonyl (C=O) groups excluding carboxylic acids is 3. The molecule has 0 unspecified atom stereocenters. The lowest BCUT2D eigenvalue weighted by molar-refractivity contribution is -0.119. The van der Waals surface area contributed by atoms with Crippen molar-refractivity contribution in [1.82, 2.24) is 0 Å². The molecule has 30 heavy (non-hydrogen) atoms. The van der Waals surface area contributed by atoms with Crippen molar-refractivity contribution < 1.29 is 34.1 Å². The van der Waals surface area contributed by atoms with E-state index in [9.17, 15) is 24.6 Å². The summed E-state index contributed by atoms with van der Waals surface area (Å²) in [6, 6.07) is 13.8. The Kier molecular flexibility index (Phi) is 6.17. The van der Waals surface area contributed by atoms with Crippen LogP contribution in [0.25, 0.3) is 10.8 Å². The van der Waals surface area contributed by atoms with E-state index in [1.807, 2.05) is 0 Å². The van der Waals surface area contributed by atoms with Crippen LogP contribution in [-0.4, -0.2) is 41.3 Å². The third-order valence-corrected chi connectivity index (χ3v) is 4.25. The topological polar surface area (TPSA) is 122 Å². The zero-order valence-electron chi connectivity index (χ0n) is 16.0. The van der Waals surface area contributed by atoms with Crippen molar-refractivity contribution in [3.8, 4) is 11.5 Å². The summed E-state index contributed by atoms with van der Waals surface area (Å²) in [5.41, 5.74) is 0.102. The van der Waals surface area contributed by atoms with Gasteiger partial charge in [0.05, 0.1) is 17.9 Å². The van der Waals surface area contributed by atoms with Gasteiger partial charge >= 0.3 is 11.9 Å². The van der Waals surface area contributed by atoms with Gasteiger partial charge in [-0.3, -0.25) is 4.79 Å². The van der Waals surface area contributed by atoms with Gasteiger partial charge in [0.1, 0.15) is 17.1 Å². The summed E-state index contributed by atoms with van der Waals surface area (Å²) in [4.78, 5) is 36.5. The average Bonchev–Trinajstić information content (AvgIpc) is 2.75. The number of amides is 1.